The largest absolute Gasteiger partial charge is 0.360 e. The number of nitrogens with one attached hydrogen (secondary N) is 2. The van der Waals surface area contributed by atoms with Crippen LogP contribution in [0.5, 0.6) is 0 Å². The van der Waals surface area contributed by atoms with Gasteiger partial charge in [-0.2, -0.15) is 0 Å². The van der Waals surface area contributed by atoms with Crippen LogP contribution in [0.4, 0.5) is 0 Å². The molecule has 4 N–H and O–H groups in total. The van der Waals surface area contributed by atoms with Gasteiger partial charge in [0.15, 0.2) is 0 Å². The minimum Gasteiger partial charge on any atom is -0.360 e. The van der Waals surface area contributed by atoms with Crippen LogP contribution in [-0.4, -0.2) is 15.0 Å². The highest BCUT2D eigenvalue weighted by Gasteiger charge is 2.15. The maximum atomic E-state index is 6.12. The summed E-state index contributed by atoms with van der Waals surface area (Å²) in [5, 5.41) is 1.19. The number of H-pyrrole nitrogens is 2. The van der Waals surface area contributed by atoms with Gasteiger partial charge >= 0.3 is 0 Å². The SMILES string of the molecule is CC(C)[C@H](N)c1ncc(-c2c[nH]c3ccccc23)[nH]1. The van der Waals surface area contributed by atoms with Gasteiger partial charge < -0.3 is 15.7 Å². The van der Waals surface area contributed by atoms with Gasteiger partial charge in [-0.25, -0.2) is 4.98 Å². The molecule has 0 saturated heterocycles. The van der Waals surface area contributed by atoms with Crippen molar-refractivity contribution in [3.63, 3.8) is 0 Å². The Labute approximate surface area is 112 Å². The maximum Gasteiger partial charge on any atom is 0.123 e. The van der Waals surface area contributed by atoms with E-state index in [1.165, 1.54) is 5.39 Å². The standard InChI is InChI=1S/C15H18N4/c1-9(2)14(16)15-18-8-13(19-15)11-7-17-12-6-4-3-5-10(11)12/h3-9,14,17H,16H2,1-2H3,(H,18,19)/t14-/m0/s1. The third kappa shape index (κ3) is 2.04. The molecule has 0 aliphatic heterocycles. The first-order valence-electron chi connectivity index (χ1n) is 6.54. The van der Waals surface area contributed by atoms with E-state index in [2.05, 4.69) is 40.9 Å². The van der Waals surface area contributed by atoms with Crippen LogP contribution < -0.4 is 5.73 Å². The minimum atomic E-state index is -0.0565. The van der Waals surface area contributed by atoms with Gasteiger partial charge in [-0.1, -0.05) is 32.0 Å². The van der Waals surface area contributed by atoms with Gasteiger partial charge in [-0.05, 0) is 12.0 Å². The first-order chi connectivity index (χ1) is 9.16. The van der Waals surface area contributed by atoms with Gasteiger partial charge in [0, 0.05) is 22.7 Å². The second kappa shape index (κ2) is 4.55. The smallest absolute Gasteiger partial charge is 0.123 e. The van der Waals surface area contributed by atoms with Gasteiger partial charge in [0.1, 0.15) is 5.82 Å². The Morgan fingerprint density at radius 2 is 2.00 bits per heavy atom. The predicted octanol–water partition coefficient (Wildman–Crippen LogP) is 3.21. The van der Waals surface area contributed by atoms with Gasteiger partial charge in [0.05, 0.1) is 17.9 Å². The summed E-state index contributed by atoms with van der Waals surface area (Å²) in [6.07, 6.45) is 3.86. The normalized spacial score (nSPS) is 13.3. The number of aromatic amines is 2. The van der Waals surface area contributed by atoms with Crippen LogP contribution in [0, 0.1) is 5.92 Å². The quantitative estimate of drug-likeness (QED) is 0.671. The molecule has 0 aliphatic rings. The fourth-order valence-electron chi connectivity index (χ4n) is 2.25. The van der Waals surface area contributed by atoms with Gasteiger partial charge in [0.2, 0.25) is 0 Å². The second-order valence-corrected chi connectivity index (χ2v) is 5.20. The van der Waals surface area contributed by atoms with Gasteiger partial charge in [0.25, 0.3) is 0 Å². The topological polar surface area (TPSA) is 70.5 Å². The lowest BCUT2D eigenvalue weighted by Gasteiger charge is -2.11. The zero-order chi connectivity index (χ0) is 13.4. The molecule has 3 rings (SSSR count). The van der Waals surface area contributed by atoms with Crippen molar-refractivity contribution in [2.75, 3.05) is 0 Å². The summed E-state index contributed by atoms with van der Waals surface area (Å²) in [6, 6.07) is 8.17. The molecule has 4 nitrogen and oxygen atoms in total. The molecular formula is C15H18N4. The minimum absolute atomic E-state index is 0.0565. The highest BCUT2D eigenvalue weighted by molar-refractivity contribution is 5.94. The number of nitrogens with two attached hydrogens (primary N) is 1. The lowest BCUT2D eigenvalue weighted by molar-refractivity contribution is 0.494. The lowest BCUT2D eigenvalue weighted by atomic mass is 10.1. The van der Waals surface area contributed by atoms with Crippen LogP contribution in [0.25, 0.3) is 22.2 Å². The summed E-state index contributed by atoms with van der Waals surface area (Å²) >= 11 is 0. The molecule has 0 radical (unpaired) electrons. The highest BCUT2D eigenvalue weighted by atomic mass is 15.0. The number of rotatable bonds is 3. The van der Waals surface area contributed by atoms with Gasteiger partial charge in [-0.3, -0.25) is 0 Å². The molecule has 0 bridgehead atoms. The van der Waals surface area contributed by atoms with E-state index in [1.54, 1.807) is 0 Å². The molecule has 0 saturated carbocycles. The monoisotopic (exact) mass is 254 g/mol. The van der Waals surface area contributed by atoms with E-state index in [0.29, 0.717) is 5.92 Å². The molecule has 0 aliphatic carbocycles. The Morgan fingerprint density at radius 1 is 1.21 bits per heavy atom. The van der Waals surface area contributed by atoms with E-state index in [9.17, 15) is 0 Å². The molecule has 1 aromatic carbocycles. The average molecular weight is 254 g/mol. The molecule has 1 atom stereocenters. The number of aromatic nitrogens is 3. The molecule has 19 heavy (non-hydrogen) atoms. The Bertz CT molecular complexity index is 693. The van der Waals surface area contributed by atoms with Crippen LogP contribution in [0.15, 0.2) is 36.7 Å². The Balaban J connectivity index is 2.03. The van der Waals surface area contributed by atoms with Crippen LogP contribution in [0.1, 0.15) is 25.7 Å². The van der Waals surface area contributed by atoms with Crippen molar-refractivity contribution in [1.29, 1.82) is 0 Å². The van der Waals surface area contributed by atoms with E-state index < -0.39 is 0 Å². The second-order valence-electron chi connectivity index (χ2n) is 5.20. The van der Waals surface area contributed by atoms with E-state index in [0.717, 1.165) is 22.6 Å². The van der Waals surface area contributed by atoms with Crippen LogP contribution in [0.3, 0.4) is 0 Å². The third-order valence-electron chi connectivity index (χ3n) is 3.51. The van der Waals surface area contributed by atoms with Crippen molar-refractivity contribution in [3.8, 4) is 11.3 Å². The van der Waals surface area contributed by atoms with Crippen molar-refractivity contribution in [1.82, 2.24) is 15.0 Å². The predicted molar refractivity (Wildman–Crippen MR) is 77.6 cm³/mol. The number of imidazole rings is 1. The molecule has 2 heterocycles. The fraction of sp³-hybridized carbons (Fsp3) is 0.267. The number of nitrogens with zero attached hydrogens (tertiary/aromatic N) is 1. The van der Waals surface area contributed by atoms with Crippen LogP contribution in [-0.2, 0) is 0 Å². The van der Waals surface area contributed by atoms with Crippen molar-refractivity contribution < 1.29 is 0 Å². The summed E-state index contributed by atoms with van der Waals surface area (Å²) in [5.41, 5.74) is 9.38. The summed E-state index contributed by atoms with van der Waals surface area (Å²) in [6.45, 7) is 4.19. The summed E-state index contributed by atoms with van der Waals surface area (Å²) in [5.74, 6) is 1.21. The molecule has 4 heteroatoms. The average Bonchev–Trinajstić information content (AvgIpc) is 3.03. The summed E-state index contributed by atoms with van der Waals surface area (Å²) in [7, 11) is 0. The number of fused-ring (bicyclic) bond motifs is 1. The van der Waals surface area contributed by atoms with Crippen molar-refractivity contribution in [2.45, 2.75) is 19.9 Å². The highest BCUT2D eigenvalue weighted by Crippen LogP contribution is 2.28. The zero-order valence-corrected chi connectivity index (χ0v) is 11.1. The Kier molecular flexibility index (Phi) is 2.87. The number of benzene rings is 1. The third-order valence-corrected chi connectivity index (χ3v) is 3.51. The molecule has 98 valence electrons. The fourth-order valence-corrected chi connectivity index (χ4v) is 2.25. The van der Waals surface area contributed by atoms with Gasteiger partial charge in [-0.15, -0.1) is 0 Å². The Morgan fingerprint density at radius 3 is 2.79 bits per heavy atom. The lowest BCUT2D eigenvalue weighted by Crippen LogP contribution is -2.18. The Hall–Kier alpha value is -2.07. The molecule has 3 aromatic rings. The molecule has 0 fully saturated rings. The zero-order valence-electron chi connectivity index (χ0n) is 11.1. The first-order valence-corrected chi connectivity index (χ1v) is 6.54. The van der Waals surface area contributed by atoms with Crippen LogP contribution in [0.2, 0.25) is 0 Å². The van der Waals surface area contributed by atoms with E-state index >= 15 is 0 Å². The van der Waals surface area contributed by atoms with Crippen LogP contribution >= 0.6 is 0 Å². The molecule has 0 unspecified atom stereocenters. The molecule has 0 spiro atoms. The van der Waals surface area contributed by atoms with Crippen molar-refractivity contribution >= 4 is 10.9 Å². The summed E-state index contributed by atoms with van der Waals surface area (Å²) < 4.78 is 0. The van der Waals surface area contributed by atoms with E-state index in [1.807, 2.05) is 24.5 Å². The van der Waals surface area contributed by atoms with Crippen molar-refractivity contribution in [2.24, 2.45) is 11.7 Å². The number of hydrogen-bond donors (Lipinski definition) is 3. The summed E-state index contributed by atoms with van der Waals surface area (Å²) in [4.78, 5) is 11.0. The maximum absolute atomic E-state index is 6.12. The van der Waals surface area contributed by atoms with Crippen molar-refractivity contribution in [3.05, 3.63) is 42.5 Å². The molecular weight excluding hydrogens is 236 g/mol. The molecule has 0 amide bonds. The molecule has 2 aromatic heterocycles. The number of hydrogen-bond acceptors (Lipinski definition) is 2. The number of para-hydroxylation sites is 1. The van der Waals surface area contributed by atoms with E-state index in [4.69, 9.17) is 5.73 Å². The first kappa shape index (κ1) is 12.0. The van der Waals surface area contributed by atoms with E-state index in [-0.39, 0.29) is 6.04 Å².